The SMILES string of the molecule is CCCc1ccc(O)c(C(C)(C)C)c1. The lowest BCUT2D eigenvalue weighted by atomic mass is 9.85. The fraction of sp³-hybridized carbons (Fsp3) is 0.538. The highest BCUT2D eigenvalue weighted by atomic mass is 16.3. The highest BCUT2D eigenvalue weighted by molar-refractivity contribution is 5.40. The standard InChI is InChI=1S/C13H20O/c1-5-6-10-7-8-12(14)11(9-10)13(2,3)4/h7-9,14H,5-6H2,1-4H3. The van der Waals surface area contributed by atoms with Gasteiger partial charge in [0, 0.05) is 0 Å². The summed E-state index contributed by atoms with van der Waals surface area (Å²) >= 11 is 0. The van der Waals surface area contributed by atoms with E-state index in [1.165, 1.54) is 5.56 Å². The lowest BCUT2D eigenvalue weighted by Gasteiger charge is -2.21. The van der Waals surface area contributed by atoms with Crippen molar-refractivity contribution >= 4 is 0 Å². The highest BCUT2D eigenvalue weighted by Gasteiger charge is 2.17. The number of rotatable bonds is 2. The van der Waals surface area contributed by atoms with Crippen LogP contribution in [0, 0.1) is 0 Å². The Labute approximate surface area is 86.8 Å². The maximum absolute atomic E-state index is 9.74. The zero-order valence-electron chi connectivity index (χ0n) is 9.59. The smallest absolute Gasteiger partial charge is 0.119 e. The molecule has 0 aliphatic rings. The van der Waals surface area contributed by atoms with Gasteiger partial charge in [0.1, 0.15) is 5.75 Å². The molecule has 1 aromatic rings. The van der Waals surface area contributed by atoms with Crippen molar-refractivity contribution in [2.24, 2.45) is 0 Å². The van der Waals surface area contributed by atoms with Gasteiger partial charge in [0.15, 0.2) is 0 Å². The molecule has 0 saturated heterocycles. The summed E-state index contributed by atoms with van der Waals surface area (Å²) in [6.07, 6.45) is 2.23. The molecule has 0 amide bonds. The molecule has 0 radical (unpaired) electrons. The summed E-state index contributed by atoms with van der Waals surface area (Å²) in [5, 5.41) is 9.74. The molecule has 0 atom stereocenters. The van der Waals surface area contributed by atoms with Gasteiger partial charge in [0.2, 0.25) is 0 Å². The third kappa shape index (κ3) is 2.50. The number of benzene rings is 1. The molecule has 14 heavy (non-hydrogen) atoms. The molecule has 0 saturated carbocycles. The van der Waals surface area contributed by atoms with Gasteiger partial charge < -0.3 is 5.11 Å². The molecule has 1 rings (SSSR count). The minimum atomic E-state index is 0.0217. The normalized spacial score (nSPS) is 11.7. The molecule has 0 heterocycles. The Morgan fingerprint density at radius 1 is 1.21 bits per heavy atom. The van der Waals surface area contributed by atoms with Gasteiger partial charge in [0.05, 0.1) is 0 Å². The van der Waals surface area contributed by atoms with E-state index in [0.717, 1.165) is 18.4 Å². The topological polar surface area (TPSA) is 20.2 Å². The predicted octanol–water partition coefficient (Wildman–Crippen LogP) is 3.64. The van der Waals surface area contributed by atoms with Crippen molar-refractivity contribution in [2.75, 3.05) is 0 Å². The average molecular weight is 192 g/mol. The minimum absolute atomic E-state index is 0.0217. The van der Waals surface area contributed by atoms with E-state index in [0.29, 0.717) is 5.75 Å². The number of aromatic hydroxyl groups is 1. The van der Waals surface area contributed by atoms with Crippen molar-refractivity contribution < 1.29 is 5.11 Å². The number of phenols is 1. The maximum Gasteiger partial charge on any atom is 0.119 e. The number of hydrogen-bond acceptors (Lipinski definition) is 1. The molecule has 1 nitrogen and oxygen atoms in total. The van der Waals surface area contributed by atoms with Crippen molar-refractivity contribution in [3.05, 3.63) is 29.3 Å². The maximum atomic E-state index is 9.74. The summed E-state index contributed by atoms with van der Waals surface area (Å²) in [6, 6.07) is 5.94. The van der Waals surface area contributed by atoms with Gasteiger partial charge in [-0.3, -0.25) is 0 Å². The van der Waals surface area contributed by atoms with Crippen molar-refractivity contribution in [3.63, 3.8) is 0 Å². The molecule has 0 fully saturated rings. The predicted molar refractivity (Wildman–Crippen MR) is 60.8 cm³/mol. The molecular formula is C13H20O. The molecule has 0 bridgehead atoms. The summed E-state index contributed by atoms with van der Waals surface area (Å²) in [5.41, 5.74) is 2.38. The van der Waals surface area contributed by atoms with Crippen molar-refractivity contribution in [1.29, 1.82) is 0 Å². The zero-order valence-corrected chi connectivity index (χ0v) is 9.59. The zero-order chi connectivity index (χ0) is 10.8. The van der Waals surface area contributed by atoms with Crippen LogP contribution in [0.2, 0.25) is 0 Å². The Balaban J connectivity index is 3.09. The van der Waals surface area contributed by atoms with Crippen LogP contribution in [-0.2, 0) is 11.8 Å². The quantitative estimate of drug-likeness (QED) is 0.758. The Bertz CT molecular complexity index is 308. The van der Waals surface area contributed by atoms with E-state index in [1.807, 2.05) is 12.1 Å². The average Bonchev–Trinajstić information content (AvgIpc) is 2.07. The summed E-state index contributed by atoms with van der Waals surface area (Å²) in [4.78, 5) is 0. The number of aryl methyl sites for hydroxylation is 1. The molecule has 0 aliphatic carbocycles. The second kappa shape index (κ2) is 4.04. The van der Waals surface area contributed by atoms with E-state index < -0.39 is 0 Å². The Hall–Kier alpha value is -0.980. The molecule has 0 aliphatic heterocycles. The van der Waals surface area contributed by atoms with Gasteiger partial charge in [-0.15, -0.1) is 0 Å². The molecule has 0 unspecified atom stereocenters. The summed E-state index contributed by atoms with van der Waals surface area (Å²) in [6.45, 7) is 8.54. The van der Waals surface area contributed by atoms with Crippen molar-refractivity contribution in [1.82, 2.24) is 0 Å². The monoisotopic (exact) mass is 192 g/mol. The third-order valence-corrected chi connectivity index (χ3v) is 2.41. The van der Waals surface area contributed by atoms with E-state index in [1.54, 1.807) is 0 Å². The van der Waals surface area contributed by atoms with E-state index in [9.17, 15) is 5.11 Å². The molecule has 1 aromatic carbocycles. The van der Waals surface area contributed by atoms with E-state index >= 15 is 0 Å². The van der Waals surface area contributed by atoms with Gasteiger partial charge in [0.25, 0.3) is 0 Å². The molecular weight excluding hydrogens is 172 g/mol. The Morgan fingerprint density at radius 2 is 1.86 bits per heavy atom. The van der Waals surface area contributed by atoms with Crippen LogP contribution in [0.15, 0.2) is 18.2 Å². The van der Waals surface area contributed by atoms with E-state index in [4.69, 9.17) is 0 Å². The fourth-order valence-electron chi connectivity index (χ4n) is 1.63. The Kier molecular flexibility index (Phi) is 3.20. The minimum Gasteiger partial charge on any atom is -0.508 e. The molecule has 0 spiro atoms. The summed E-state index contributed by atoms with van der Waals surface area (Å²) in [5.74, 6) is 0.414. The lowest BCUT2D eigenvalue weighted by molar-refractivity contribution is 0.446. The number of phenolic OH excluding ortho intramolecular Hbond substituents is 1. The second-order valence-electron chi connectivity index (χ2n) is 4.85. The van der Waals surface area contributed by atoms with Crippen molar-refractivity contribution in [3.8, 4) is 5.75 Å². The highest BCUT2D eigenvalue weighted by Crippen LogP contribution is 2.31. The largest absolute Gasteiger partial charge is 0.508 e. The number of hydrogen-bond donors (Lipinski definition) is 1. The molecule has 0 aromatic heterocycles. The first-order chi connectivity index (χ1) is 6.45. The first kappa shape index (κ1) is 11.1. The van der Waals surface area contributed by atoms with E-state index in [2.05, 4.69) is 33.8 Å². The van der Waals surface area contributed by atoms with Crippen LogP contribution in [0.1, 0.15) is 45.2 Å². The molecule has 1 heteroatoms. The van der Waals surface area contributed by atoms with Crippen LogP contribution in [0.5, 0.6) is 5.75 Å². The summed E-state index contributed by atoms with van der Waals surface area (Å²) in [7, 11) is 0. The van der Waals surface area contributed by atoms with Crippen molar-refractivity contribution in [2.45, 2.75) is 46.0 Å². The van der Waals surface area contributed by atoms with Crippen LogP contribution in [0.4, 0.5) is 0 Å². The lowest BCUT2D eigenvalue weighted by Crippen LogP contribution is -2.11. The second-order valence-corrected chi connectivity index (χ2v) is 4.85. The van der Waals surface area contributed by atoms with Crippen LogP contribution in [0.3, 0.4) is 0 Å². The molecule has 78 valence electrons. The van der Waals surface area contributed by atoms with Gasteiger partial charge in [-0.2, -0.15) is 0 Å². The van der Waals surface area contributed by atoms with E-state index in [-0.39, 0.29) is 5.41 Å². The first-order valence-electron chi connectivity index (χ1n) is 5.27. The summed E-state index contributed by atoms with van der Waals surface area (Å²) < 4.78 is 0. The van der Waals surface area contributed by atoms with Gasteiger partial charge in [-0.1, -0.05) is 46.2 Å². The van der Waals surface area contributed by atoms with Gasteiger partial charge in [-0.05, 0) is 29.0 Å². The van der Waals surface area contributed by atoms with Gasteiger partial charge >= 0.3 is 0 Å². The molecule has 1 N–H and O–H groups in total. The third-order valence-electron chi connectivity index (χ3n) is 2.41. The fourth-order valence-corrected chi connectivity index (χ4v) is 1.63. The first-order valence-corrected chi connectivity index (χ1v) is 5.27. The van der Waals surface area contributed by atoms with Gasteiger partial charge in [-0.25, -0.2) is 0 Å². The van der Waals surface area contributed by atoms with Crippen LogP contribution in [-0.4, -0.2) is 5.11 Å². The van der Waals surface area contributed by atoms with Crippen LogP contribution >= 0.6 is 0 Å². The van der Waals surface area contributed by atoms with Crippen LogP contribution < -0.4 is 0 Å². The van der Waals surface area contributed by atoms with Crippen LogP contribution in [0.25, 0.3) is 0 Å². The Morgan fingerprint density at radius 3 is 2.36 bits per heavy atom.